The highest BCUT2D eigenvalue weighted by Gasteiger charge is 2.25. The number of benzene rings is 1. The lowest BCUT2D eigenvalue weighted by atomic mass is 10.2. The maximum Gasteiger partial charge on any atom is 0.354 e. The second kappa shape index (κ2) is 6.33. The Labute approximate surface area is 125 Å². The van der Waals surface area contributed by atoms with Gasteiger partial charge in [0.05, 0.1) is 4.92 Å². The van der Waals surface area contributed by atoms with E-state index >= 15 is 0 Å². The van der Waals surface area contributed by atoms with Gasteiger partial charge in [-0.2, -0.15) is 0 Å². The molecule has 2 rings (SSSR count). The van der Waals surface area contributed by atoms with Crippen LogP contribution in [0.2, 0.25) is 5.02 Å². The summed E-state index contributed by atoms with van der Waals surface area (Å²) in [5.74, 6) is 5.36. The summed E-state index contributed by atoms with van der Waals surface area (Å²) in [6, 6.07) is 7.26. The maximum absolute atomic E-state index is 11.2. The Morgan fingerprint density at radius 2 is 2.14 bits per heavy atom. The zero-order valence-electron chi connectivity index (χ0n) is 11.2. The fraction of sp³-hybridized carbons (Fsp3) is 0.167. The van der Waals surface area contributed by atoms with Crippen LogP contribution in [0.3, 0.4) is 0 Å². The van der Waals surface area contributed by atoms with Crippen molar-refractivity contribution in [2.45, 2.75) is 6.54 Å². The van der Waals surface area contributed by atoms with E-state index < -0.39 is 4.92 Å². The first-order valence-electron chi connectivity index (χ1n) is 5.95. The minimum absolute atomic E-state index is 0.0454. The van der Waals surface area contributed by atoms with Gasteiger partial charge >= 0.3 is 5.69 Å². The SMILES string of the molecule is CN(Cc1ccccc1Cl)c1ncnc(NN)c1[N+](=O)[O-]. The van der Waals surface area contributed by atoms with Crippen LogP contribution in [0, 0.1) is 10.1 Å². The van der Waals surface area contributed by atoms with E-state index in [1.807, 2.05) is 18.2 Å². The lowest BCUT2D eigenvalue weighted by molar-refractivity contribution is -0.383. The van der Waals surface area contributed by atoms with Crippen molar-refractivity contribution in [2.75, 3.05) is 17.4 Å². The van der Waals surface area contributed by atoms with Gasteiger partial charge in [0, 0.05) is 18.6 Å². The van der Waals surface area contributed by atoms with Crippen molar-refractivity contribution in [3.05, 3.63) is 51.3 Å². The third kappa shape index (κ3) is 3.18. The van der Waals surface area contributed by atoms with Crippen molar-refractivity contribution in [1.29, 1.82) is 0 Å². The first-order valence-corrected chi connectivity index (χ1v) is 6.33. The number of nitro groups is 1. The average Bonchev–Trinajstić information content (AvgIpc) is 2.48. The van der Waals surface area contributed by atoms with Crippen LogP contribution < -0.4 is 16.2 Å². The highest BCUT2D eigenvalue weighted by Crippen LogP contribution is 2.31. The molecule has 0 atom stereocenters. The quantitative estimate of drug-likeness (QED) is 0.493. The molecule has 0 aliphatic heterocycles. The molecule has 0 spiro atoms. The fourth-order valence-electron chi connectivity index (χ4n) is 1.88. The van der Waals surface area contributed by atoms with Gasteiger partial charge in [-0.3, -0.25) is 10.1 Å². The van der Waals surface area contributed by atoms with Gasteiger partial charge in [0.1, 0.15) is 6.33 Å². The molecular weight excluding hydrogens is 296 g/mol. The largest absolute Gasteiger partial charge is 0.354 e. The summed E-state index contributed by atoms with van der Waals surface area (Å²) in [5.41, 5.74) is 2.75. The summed E-state index contributed by atoms with van der Waals surface area (Å²) in [7, 11) is 1.68. The molecule has 1 heterocycles. The molecule has 0 aliphatic rings. The summed E-state index contributed by atoms with van der Waals surface area (Å²) in [5, 5.41) is 11.8. The number of aromatic nitrogens is 2. The summed E-state index contributed by atoms with van der Waals surface area (Å²) in [6.45, 7) is 0.363. The zero-order valence-corrected chi connectivity index (χ0v) is 11.9. The van der Waals surface area contributed by atoms with Crippen molar-refractivity contribution < 1.29 is 4.92 Å². The molecule has 0 unspecified atom stereocenters. The molecule has 0 saturated carbocycles. The van der Waals surface area contributed by atoms with Crippen LogP contribution in [0.5, 0.6) is 0 Å². The number of hydrazine groups is 1. The molecule has 1 aromatic heterocycles. The van der Waals surface area contributed by atoms with Crippen molar-refractivity contribution in [2.24, 2.45) is 5.84 Å². The maximum atomic E-state index is 11.2. The number of nitrogens with two attached hydrogens (primary N) is 1. The molecule has 9 heteroatoms. The number of nitrogens with one attached hydrogen (secondary N) is 1. The van der Waals surface area contributed by atoms with Crippen LogP contribution in [-0.2, 0) is 6.54 Å². The van der Waals surface area contributed by atoms with Crippen LogP contribution in [0.1, 0.15) is 5.56 Å². The summed E-state index contributed by atoms with van der Waals surface area (Å²) in [6.07, 6.45) is 1.21. The van der Waals surface area contributed by atoms with Gasteiger partial charge in [-0.15, -0.1) is 0 Å². The summed E-state index contributed by atoms with van der Waals surface area (Å²) >= 11 is 6.09. The molecule has 1 aromatic carbocycles. The van der Waals surface area contributed by atoms with E-state index in [9.17, 15) is 10.1 Å². The Bertz CT molecular complexity index is 666. The number of anilines is 2. The fourth-order valence-corrected chi connectivity index (χ4v) is 2.08. The number of halogens is 1. The lowest BCUT2D eigenvalue weighted by Crippen LogP contribution is -2.21. The number of nitrogens with zero attached hydrogens (tertiary/aromatic N) is 4. The van der Waals surface area contributed by atoms with Crippen LogP contribution in [0.15, 0.2) is 30.6 Å². The lowest BCUT2D eigenvalue weighted by Gasteiger charge is -2.19. The molecular formula is C12H13ClN6O2. The molecule has 21 heavy (non-hydrogen) atoms. The number of hydrogen-bond acceptors (Lipinski definition) is 7. The highest BCUT2D eigenvalue weighted by molar-refractivity contribution is 6.31. The van der Waals surface area contributed by atoms with Gasteiger partial charge in [0.2, 0.25) is 11.6 Å². The normalized spacial score (nSPS) is 10.2. The molecule has 2 aromatic rings. The predicted molar refractivity (Wildman–Crippen MR) is 80.1 cm³/mol. The van der Waals surface area contributed by atoms with E-state index in [2.05, 4.69) is 15.4 Å². The highest BCUT2D eigenvalue weighted by atomic mass is 35.5. The molecule has 3 N–H and O–H groups in total. The van der Waals surface area contributed by atoms with Crippen molar-refractivity contribution in [3.8, 4) is 0 Å². The van der Waals surface area contributed by atoms with E-state index in [1.165, 1.54) is 6.33 Å². The van der Waals surface area contributed by atoms with Gasteiger partial charge in [0.15, 0.2) is 0 Å². The van der Waals surface area contributed by atoms with E-state index in [0.29, 0.717) is 11.6 Å². The molecule has 8 nitrogen and oxygen atoms in total. The molecule has 0 bridgehead atoms. The second-order valence-corrected chi connectivity index (χ2v) is 4.65. The predicted octanol–water partition coefficient (Wildman–Crippen LogP) is 1.96. The molecule has 0 saturated heterocycles. The van der Waals surface area contributed by atoms with Crippen LogP contribution in [0.4, 0.5) is 17.3 Å². The molecule has 0 amide bonds. The monoisotopic (exact) mass is 308 g/mol. The van der Waals surface area contributed by atoms with Crippen molar-refractivity contribution in [3.63, 3.8) is 0 Å². The van der Waals surface area contributed by atoms with Crippen molar-refractivity contribution in [1.82, 2.24) is 9.97 Å². The summed E-state index contributed by atoms with van der Waals surface area (Å²) in [4.78, 5) is 20.0. The Morgan fingerprint density at radius 1 is 1.43 bits per heavy atom. The Hall–Kier alpha value is -2.45. The number of nitrogen functional groups attached to an aromatic ring is 1. The van der Waals surface area contributed by atoms with Gasteiger partial charge in [-0.25, -0.2) is 15.8 Å². The van der Waals surface area contributed by atoms with Gasteiger partial charge in [-0.1, -0.05) is 29.8 Å². The molecule has 0 fully saturated rings. The third-order valence-corrected chi connectivity index (χ3v) is 3.22. The van der Waals surface area contributed by atoms with Crippen molar-refractivity contribution >= 4 is 28.9 Å². The third-order valence-electron chi connectivity index (χ3n) is 2.85. The number of hydrogen-bond donors (Lipinski definition) is 2. The first-order chi connectivity index (χ1) is 10.0. The standard InChI is InChI=1S/C12H13ClN6O2/c1-18(6-8-4-2-3-5-9(8)13)12-10(19(20)21)11(17-14)15-7-16-12/h2-5,7H,6,14H2,1H3,(H,15,16,17). The average molecular weight is 309 g/mol. The molecule has 110 valence electrons. The molecule has 0 radical (unpaired) electrons. The minimum atomic E-state index is -0.576. The van der Waals surface area contributed by atoms with E-state index in [0.717, 1.165) is 5.56 Å². The Morgan fingerprint density at radius 3 is 2.76 bits per heavy atom. The Kier molecular flexibility index (Phi) is 4.51. The van der Waals surface area contributed by atoms with E-state index in [4.69, 9.17) is 17.4 Å². The Balaban J connectivity index is 2.37. The minimum Gasteiger partial charge on any atom is -0.349 e. The molecule has 0 aliphatic carbocycles. The van der Waals surface area contributed by atoms with Gasteiger partial charge in [0.25, 0.3) is 0 Å². The topological polar surface area (TPSA) is 110 Å². The zero-order chi connectivity index (χ0) is 15.4. The van der Waals surface area contributed by atoms with Crippen LogP contribution >= 0.6 is 11.6 Å². The first kappa shape index (κ1) is 14.9. The van der Waals surface area contributed by atoms with Crippen LogP contribution in [0.25, 0.3) is 0 Å². The van der Waals surface area contributed by atoms with Crippen LogP contribution in [-0.4, -0.2) is 21.9 Å². The van der Waals surface area contributed by atoms with Gasteiger partial charge < -0.3 is 10.3 Å². The summed E-state index contributed by atoms with van der Waals surface area (Å²) < 4.78 is 0. The van der Waals surface area contributed by atoms with E-state index in [-0.39, 0.29) is 17.3 Å². The second-order valence-electron chi connectivity index (χ2n) is 4.24. The van der Waals surface area contributed by atoms with Gasteiger partial charge in [-0.05, 0) is 11.6 Å². The van der Waals surface area contributed by atoms with E-state index in [1.54, 1.807) is 18.0 Å². The smallest absolute Gasteiger partial charge is 0.349 e. The number of rotatable bonds is 5.